The van der Waals surface area contributed by atoms with Crippen LogP contribution in [0.1, 0.15) is 49.8 Å². The lowest BCUT2D eigenvalue weighted by Crippen LogP contribution is -2.06. The molecule has 1 aromatic heterocycles. The molecule has 174 valence electrons. The Balaban J connectivity index is 1.55. The van der Waals surface area contributed by atoms with E-state index in [1.807, 2.05) is 32.0 Å². The number of aliphatic carboxylic acids is 1. The smallest absolute Gasteiger partial charge is 0.303 e. The predicted octanol–water partition coefficient (Wildman–Crippen LogP) is 4.59. The molecule has 0 fully saturated rings. The Kier molecular flexibility index (Phi) is 6.87. The summed E-state index contributed by atoms with van der Waals surface area (Å²) in [5.41, 5.74) is 4.72. The van der Waals surface area contributed by atoms with E-state index in [4.69, 9.17) is 19.2 Å². The quantitative estimate of drug-likeness (QED) is 0.362. The Bertz CT molecular complexity index is 1270. The number of carboxylic acids is 1. The van der Waals surface area contributed by atoms with Crippen LogP contribution in [-0.2, 0) is 16.1 Å². The number of oxime groups is 1. The number of benzene rings is 2. The average Bonchev–Trinajstić information content (AvgIpc) is 3.46. The van der Waals surface area contributed by atoms with Gasteiger partial charge in [0.25, 0.3) is 5.89 Å². The molecule has 0 radical (unpaired) electrons. The molecule has 0 amide bonds. The summed E-state index contributed by atoms with van der Waals surface area (Å²) in [4.78, 5) is 20.5. The molecule has 1 N–H and O–H groups in total. The summed E-state index contributed by atoms with van der Waals surface area (Å²) in [7, 11) is 0. The van der Waals surface area contributed by atoms with Crippen molar-refractivity contribution in [1.82, 2.24) is 10.1 Å². The molecule has 9 heteroatoms. The fourth-order valence-electron chi connectivity index (χ4n) is 3.78. The van der Waals surface area contributed by atoms with Gasteiger partial charge in [-0.05, 0) is 56.9 Å². The zero-order chi connectivity index (χ0) is 24.1. The Hall–Kier alpha value is -4.19. The monoisotopic (exact) mass is 460 g/mol. The van der Waals surface area contributed by atoms with Gasteiger partial charge in [0.15, 0.2) is 0 Å². The van der Waals surface area contributed by atoms with Gasteiger partial charge >= 0.3 is 5.97 Å². The van der Waals surface area contributed by atoms with Crippen LogP contribution in [0.25, 0.3) is 22.8 Å². The highest BCUT2D eigenvalue weighted by atomic mass is 16.6. The van der Waals surface area contributed by atoms with E-state index >= 15 is 0 Å². The molecule has 0 aliphatic heterocycles. The first-order valence-corrected chi connectivity index (χ1v) is 11.0. The molecule has 3 aromatic rings. The first kappa shape index (κ1) is 23.0. The van der Waals surface area contributed by atoms with Crippen molar-refractivity contribution in [2.75, 3.05) is 6.61 Å². The predicted molar refractivity (Wildman–Crippen MR) is 123 cm³/mol. The summed E-state index contributed by atoms with van der Waals surface area (Å²) in [6.07, 6.45) is 1.88. The van der Waals surface area contributed by atoms with Crippen LogP contribution in [0.3, 0.4) is 0 Å². The van der Waals surface area contributed by atoms with Gasteiger partial charge in [-0.2, -0.15) is 10.2 Å². The maximum Gasteiger partial charge on any atom is 0.303 e. The fraction of sp³-hybridized carbons (Fsp3) is 0.320. The minimum atomic E-state index is -0.852. The molecule has 2 aromatic carbocycles. The van der Waals surface area contributed by atoms with Gasteiger partial charge in [-0.15, -0.1) is 0 Å². The van der Waals surface area contributed by atoms with E-state index in [0.717, 1.165) is 28.8 Å². The highest BCUT2D eigenvalue weighted by molar-refractivity contribution is 6.05. The van der Waals surface area contributed by atoms with Crippen molar-refractivity contribution in [3.63, 3.8) is 0 Å². The van der Waals surface area contributed by atoms with E-state index < -0.39 is 5.97 Å². The molecule has 0 spiro atoms. The number of ether oxygens (including phenoxy) is 1. The van der Waals surface area contributed by atoms with Gasteiger partial charge in [0, 0.05) is 23.1 Å². The van der Waals surface area contributed by atoms with Gasteiger partial charge in [-0.3, -0.25) is 4.79 Å². The SMILES string of the molecule is CC(C)Oc1ccc(-c2nc(-c3cccc4c3CCC4=NOCCCC(=O)O)no2)cc1C#N. The van der Waals surface area contributed by atoms with E-state index in [2.05, 4.69) is 21.4 Å². The fourth-order valence-corrected chi connectivity index (χ4v) is 3.78. The van der Waals surface area contributed by atoms with Crippen molar-refractivity contribution in [2.24, 2.45) is 5.16 Å². The molecule has 4 rings (SSSR count). The van der Waals surface area contributed by atoms with E-state index in [0.29, 0.717) is 41.4 Å². The molecular weight excluding hydrogens is 436 g/mol. The van der Waals surface area contributed by atoms with E-state index in [1.54, 1.807) is 18.2 Å². The molecule has 0 atom stereocenters. The molecule has 34 heavy (non-hydrogen) atoms. The number of carboxylic acid groups (broad SMARTS) is 1. The number of hydrogen-bond acceptors (Lipinski definition) is 8. The molecular formula is C25H24N4O5. The number of hydrogen-bond donors (Lipinski definition) is 1. The lowest BCUT2D eigenvalue weighted by atomic mass is 10.0. The van der Waals surface area contributed by atoms with Gasteiger partial charge in [-0.25, -0.2) is 0 Å². The Morgan fingerprint density at radius 3 is 2.85 bits per heavy atom. The number of aromatic nitrogens is 2. The lowest BCUT2D eigenvalue weighted by Gasteiger charge is -2.11. The molecule has 0 bridgehead atoms. The lowest BCUT2D eigenvalue weighted by molar-refractivity contribution is -0.137. The minimum absolute atomic E-state index is 0.0447. The normalized spacial score (nSPS) is 13.6. The standard InChI is InChI=1S/C25H24N4O5/c1-15(2)33-22-11-8-16(13-17(22)14-26)25-27-24(29-34-25)20-6-3-5-19-18(20)9-10-21(19)28-32-12-4-7-23(30)31/h3,5-6,8,11,13,15H,4,7,9-10,12H2,1-2H3,(H,30,31). The van der Waals surface area contributed by atoms with Crippen molar-refractivity contribution < 1.29 is 24.0 Å². The molecule has 9 nitrogen and oxygen atoms in total. The molecule has 1 heterocycles. The summed E-state index contributed by atoms with van der Waals surface area (Å²) in [5.74, 6) is 0.430. The second-order valence-corrected chi connectivity index (χ2v) is 8.11. The summed E-state index contributed by atoms with van der Waals surface area (Å²) in [5, 5.41) is 26.6. The van der Waals surface area contributed by atoms with E-state index in [9.17, 15) is 10.1 Å². The van der Waals surface area contributed by atoms with Crippen molar-refractivity contribution in [1.29, 1.82) is 5.26 Å². The largest absolute Gasteiger partial charge is 0.490 e. The maximum absolute atomic E-state index is 10.6. The van der Waals surface area contributed by atoms with Gasteiger partial charge < -0.3 is 19.2 Å². The number of carbonyl (C=O) groups is 1. The molecule has 1 aliphatic rings. The van der Waals surface area contributed by atoms with Crippen molar-refractivity contribution in [2.45, 2.75) is 45.6 Å². The van der Waals surface area contributed by atoms with Gasteiger partial charge in [0.2, 0.25) is 5.82 Å². The summed E-state index contributed by atoms with van der Waals surface area (Å²) < 4.78 is 11.2. The van der Waals surface area contributed by atoms with Crippen LogP contribution in [0, 0.1) is 11.3 Å². The minimum Gasteiger partial charge on any atom is -0.490 e. The van der Waals surface area contributed by atoms with Gasteiger partial charge in [0.1, 0.15) is 18.4 Å². The van der Waals surface area contributed by atoms with Gasteiger partial charge in [0.05, 0.1) is 17.4 Å². The third kappa shape index (κ3) is 5.07. The number of nitriles is 1. The topological polar surface area (TPSA) is 131 Å². The van der Waals surface area contributed by atoms with E-state index in [1.165, 1.54) is 0 Å². The van der Waals surface area contributed by atoms with Crippen LogP contribution in [0.2, 0.25) is 0 Å². The first-order valence-electron chi connectivity index (χ1n) is 11.0. The van der Waals surface area contributed by atoms with E-state index in [-0.39, 0.29) is 19.1 Å². The van der Waals surface area contributed by atoms with Crippen LogP contribution in [-0.4, -0.2) is 39.6 Å². The number of rotatable bonds is 9. The van der Waals surface area contributed by atoms with Crippen LogP contribution in [0.5, 0.6) is 5.75 Å². The Morgan fingerprint density at radius 2 is 2.09 bits per heavy atom. The third-order valence-corrected chi connectivity index (χ3v) is 5.28. The zero-order valence-corrected chi connectivity index (χ0v) is 18.9. The zero-order valence-electron chi connectivity index (χ0n) is 18.9. The summed E-state index contributed by atoms with van der Waals surface area (Å²) in [6, 6.07) is 13.2. The summed E-state index contributed by atoms with van der Waals surface area (Å²) in [6.45, 7) is 4.06. The first-order chi connectivity index (χ1) is 16.5. The summed E-state index contributed by atoms with van der Waals surface area (Å²) >= 11 is 0. The second kappa shape index (κ2) is 10.2. The molecule has 0 saturated carbocycles. The van der Waals surface area contributed by atoms with Crippen LogP contribution < -0.4 is 4.74 Å². The van der Waals surface area contributed by atoms with Crippen LogP contribution in [0.15, 0.2) is 46.1 Å². The highest BCUT2D eigenvalue weighted by Gasteiger charge is 2.24. The molecule has 1 aliphatic carbocycles. The maximum atomic E-state index is 10.6. The van der Waals surface area contributed by atoms with Crippen LogP contribution in [0.4, 0.5) is 0 Å². The highest BCUT2D eigenvalue weighted by Crippen LogP contribution is 2.33. The molecule has 0 saturated heterocycles. The average molecular weight is 460 g/mol. The third-order valence-electron chi connectivity index (χ3n) is 5.28. The number of fused-ring (bicyclic) bond motifs is 1. The van der Waals surface area contributed by atoms with Crippen molar-refractivity contribution >= 4 is 11.7 Å². The van der Waals surface area contributed by atoms with Gasteiger partial charge in [-0.1, -0.05) is 28.5 Å². The van der Waals surface area contributed by atoms with Crippen LogP contribution >= 0.6 is 0 Å². The Labute approximate surface area is 196 Å². The van der Waals surface area contributed by atoms with Crippen molar-refractivity contribution in [3.05, 3.63) is 53.1 Å². The number of nitrogens with zero attached hydrogens (tertiary/aromatic N) is 4. The Morgan fingerprint density at radius 1 is 1.26 bits per heavy atom. The van der Waals surface area contributed by atoms with Crippen molar-refractivity contribution in [3.8, 4) is 34.7 Å². The second-order valence-electron chi connectivity index (χ2n) is 8.11. The molecule has 0 unspecified atom stereocenters.